The second-order valence-electron chi connectivity index (χ2n) is 5.40. The Kier molecular flexibility index (Phi) is 6.16. The summed E-state index contributed by atoms with van der Waals surface area (Å²) < 4.78 is 5.15. The summed E-state index contributed by atoms with van der Waals surface area (Å²) >= 11 is 0. The van der Waals surface area contributed by atoms with Crippen LogP contribution in [-0.2, 0) is 14.3 Å². The van der Waals surface area contributed by atoms with Crippen molar-refractivity contribution in [2.45, 2.75) is 65.1 Å². The van der Waals surface area contributed by atoms with Crippen molar-refractivity contribution in [3.05, 3.63) is 0 Å². The van der Waals surface area contributed by atoms with Crippen molar-refractivity contribution in [2.75, 3.05) is 0 Å². The van der Waals surface area contributed by atoms with E-state index < -0.39 is 17.6 Å². The molecule has 0 heterocycles. The number of nitrogens with one attached hydrogen (secondary N) is 1. The molecule has 5 nitrogen and oxygen atoms in total. The van der Waals surface area contributed by atoms with Gasteiger partial charge in [-0.15, -0.1) is 0 Å². The standard InChI is InChI=1S/C12H24N2O3/c1-8(2)14-9(11(13)16)6-7-10(15)17-12(3,4)5/h8-9,14H,6-7H2,1-5H3,(H2,13,16)/t9-/m0/s1. The van der Waals surface area contributed by atoms with Crippen LogP contribution in [0.1, 0.15) is 47.5 Å². The van der Waals surface area contributed by atoms with E-state index in [1.54, 1.807) is 0 Å². The maximum Gasteiger partial charge on any atom is 0.306 e. The van der Waals surface area contributed by atoms with Crippen LogP contribution in [0.4, 0.5) is 0 Å². The van der Waals surface area contributed by atoms with Crippen LogP contribution in [0, 0.1) is 0 Å². The molecule has 0 aliphatic carbocycles. The van der Waals surface area contributed by atoms with Crippen LogP contribution in [0.3, 0.4) is 0 Å². The van der Waals surface area contributed by atoms with Crippen molar-refractivity contribution in [1.82, 2.24) is 5.32 Å². The number of ether oxygens (including phenoxy) is 1. The van der Waals surface area contributed by atoms with E-state index in [4.69, 9.17) is 10.5 Å². The lowest BCUT2D eigenvalue weighted by molar-refractivity contribution is -0.155. The summed E-state index contributed by atoms with van der Waals surface area (Å²) in [6.07, 6.45) is 0.549. The first-order valence-corrected chi connectivity index (χ1v) is 5.89. The maximum absolute atomic E-state index is 11.5. The molecule has 1 atom stereocenters. The molecule has 0 rings (SSSR count). The topological polar surface area (TPSA) is 81.4 Å². The van der Waals surface area contributed by atoms with E-state index in [1.165, 1.54) is 0 Å². The number of rotatable bonds is 6. The summed E-state index contributed by atoms with van der Waals surface area (Å²) in [7, 11) is 0. The number of hydrogen-bond acceptors (Lipinski definition) is 4. The molecule has 0 unspecified atom stereocenters. The van der Waals surface area contributed by atoms with Crippen molar-refractivity contribution >= 4 is 11.9 Å². The molecule has 3 N–H and O–H groups in total. The molecule has 0 aliphatic heterocycles. The van der Waals surface area contributed by atoms with Gasteiger partial charge in [0.25, 0.3) is 0 Å². The number of nitrogens with two attached hydrogens (primary N) is 1. The third-order valence-corrected chi connectivity index (χ3v) is 1.94. The summed E-state index contributed by atoms with van der Waals surface area (Å²) in [4.78, 5) is 22.6. The van der Waals surface area contributed by atoms with Crippen molar-refractivity contribution in [3.8, 4) is 0 Å². The summed E-state index contributed by atoms with van der Waals surface area (Å²) in [5.41, 5.74) is 4.75. The van der Waals surface area contributed by atoms with E-state index in [9.17, 15) is 9.59 Å². The van der Waals surface area contributed by atoms with E-state index in [0.29, 0.717) is 6.42 Å². The minimum absolute atomic E-state index is 0.145. The van der Waals surface area contributed by atoms with Gasteiger partial charge >= 0.3 is 5.97 Å². The Hall–Kier alpha value is -1.10. The van der Waals surface area contributed by atoms with Gasteiger partial charge in [0, 0.05) is 12.5 Å². The summed E-state index contributed by atoms with van der Waals surface area (Å²) in [5, 5.41) is 3.02. The minimum atomic E-state index is -0.495. The van der Waals surface area contributed by atoms with Gasteiger partial charge in [0.05, 0.1) is 6.04 Å². The predicted octanol–water partition coefficient (Wildman–Crippen LogP) is 0.960. The van der Waals surface area contributed by atoms with Crippen molar-refractivity contribution in [1.29, 1.82) is 0 Å². The Bertz CT molecular complexity index is 269. The Morgan fingerprint density at radius 3 is 2.18 bits per heavy atom. The molecule has 0 saturated carbocycles. The zero-order chi connectivity index (χ0) is 13.6. The number of esters is 1. The smallest absolute Gasteiger partial charge is 0.306 e. The molecule has 17 heavy (non-hydrogen) atoms. The number of primary amides is 1. The van der Waals surface area contributed by atoms with E-state index in [2.05, 4.69) is 5.32 Å². The third-order valence-electron chi connectivity index (χ3n) is 1.94. The monoisotopic (exact) mass is 244 g/mol. The highest BCUT2D eigenvalue weighted by atomic mass is 16.6. The van der Waals surface area contributed by atoms with Crippen LogP contribution in [0.25, 0.3) is 0 Å². The lowest BCUT2D eigenvalue weighted by atomic mass is 10.1. The number of carbonyl (C=O) groups is 2. The van der Waals surface area contributed by atoms with Crippen LogP contribution in [0.15, 0.2) is 0 Å². The van der Waals surface area contributed by atoms with Gasteiger partial charge in [-0.05, 0) is 27.2 Å². The van der Waals surface area contributed by atoms with Crippen LogP contribution in [0.2, 0.25) is 0 Å². The van der Waals surface area contributed by atoms with Gasteiger partial charge in [-0.25, -0.2) is 0 Å². The SMILES string of the molecule is CC(C)N[C@@H](CCC(=O)OC(C)(C)C)C(N)=O. The highest BCUT2D eigenvalue weighted by molar-refractivity contribution is 5.80. The van der Waals surface area contributed by atoms with Gasteiger partial charge < -0.3 is 15.8 Å². The average molecular weight is 244 g/mol. The van der Waals surface area contributed by atoms with Crippen LogP contribution < -0.4 is 11.1 Å². The van der Waals surface area contributed by atoms with Crippen LogP contribution in [0.5, 0.6) is 0 Å². The molecule has 0 bridgehead atoms. The quantitative estimate of drug-likeness (QED) is 0.682. The fourth-order valence-corrected chi connectivity index (χ4v) is 1.36. The van der Waals surface area contributed by atoms with Crippen LogP contribution in [-0.4, -0.2) is 29.6 Å². The molecule has 0 radical (unpaired) electrons. The van der Waals surface area contributed by atoms with E-state index >= 15 is 0 Å². The molecule has 0 aromatic heterocycles. The second kappa shape index (κ2) is 6.59. The largest absolute Gasteiger partial charge is 0.460 e. The molecule has 100 valence electrons. The fourth-order valence-electron chi connectivity index (χ4n) is 1.36. The molecule has 0 aromatic carbocycles. The Labute approximate surface area is 103 Å². The highest BCUT2D eigenvalue weighted by Gasteiger charge is 2.20. The first-order chi connectivity index (χ1) is 7.61. The first-order valence-electron chi connectivity index (χ1n) is 5.89. The Morgan fingerprint density at radius 1 is 1.29 bits per heavy atom. The zero-order valence-corrected chi connectivity index (χ0v) is 11.4. The molecule has 0 aliphatic rings. The summed E-state index contributed by atoms with van der Waals surface area (Å²) in [6, 6.07) is -0.339. The predicted molar refractivity (Wildman–Crippen MR) is 66.3 cm³/mol. The minimum Gasteiger partial charge on any atom is -0.460 e. The van der Waals surface area contributed by atoms with Gasteiger partial charge in [0.15, 0.2) is 0 Å². The molecule has 1 amide bonds. The van der Waals surface area contributed by atoms with Crippen molar-refractivity contribution in [2.24, 2.45) is 5.73 Å². The molecule has 5 heteroatoms. The van der Waals surface area contributed by atoms with Crippen LogP contribution >= 0.6 is 0 Å². The number of hydrogen-bond donors (Lipinski definition) is 2. The van der Waals surface area contributed by atoms with Gasteiger partial charge in [-0.3, -0.25) is 9.59 Å². The maximum atomic E-state index is 11.5. The molecule has 0 fully saturated rings. The van der Waals surface area contributed by atoms with E-state index in [1.807, 2.05) is 34.6 Å². The van der Waals surface area contributed by atoms with Gasteiger partial charge in [-0.2, -0.15) is 0 Å². The molecule has 0 saturated heterocycles. The van der Waals surface area contributed by atoms with Crippen molar-refractivity contribution < 1.29 is 14.3 Å². The summed E-state index contributed by atoms with van der Waals surface area (Å²) in [5.74, 6) is -0.753. The second-order valence-corrected chi connectivity index (χ2v) is 5.40. The van der Waals surface area contributed by atoms with Gasteiger partial charge in [0.2, 0.25) is 5.91 Å². The Morgan fingerprint density at radius 2 is 1.82 bits per heavy atom. The molecular formula is C12H24N2O3. The zero-order valence-electron chi connectivity index (χ0n) is 11.4. The molecule has 0 aromatic rings. The number of carbonyl (C=O) groups excluding carboxylic acids is 2. The number of amides is 1. The highest BCUT2D eigenvalue weighted by Crippen LogP contribution is 2.10. The molecule has 0 spiro atoms. The van der Waals surface area contributed by atoms with E-state index in [-0.39, 0.29) is 18.4 Å². The average Bonchev–Trinajstić information content (AvgIpc) is 2.08. The van der Waals surface area contributed by atoms with Gasteiger partial charge in [0.1, 0.15) is 5.60 Å². The van der Waals surface area contributed by atoms with E-state index in [0.717, 1.165) is 0 Å². The van der Waals surface area contributed by atoms with Gasteiger partial charge in [-0.1, -0.05) is 13.8 Å². The Balaban J connectivity index is 4.13. The fraction of sp³-hybridized carbons (Fsp3) is 0.833. The summed E-state index contributed by atoms with van der Waals surface area (Å²) in [6.45, 7) is 9.27. The normalized spacial score (nSPS) is 13.5. The van der Waals surface area contributed by atoms with Crippen molar-refractivity contribution in [3.63, 3.8) is 0 Å². The first kappa shape index (κ1) is 15.9. The molecular weight excluding hydrogens is 220 g/mol. The lowest BCUT2D eigenvalue weighted by Gasteiger charge is -2.21. The lowest BCUT2D eigenvalue weighted by Crippen LogP contribution is -2.44. The third kappa shape index (κ3) is 8.68.